The molecule has 1 aliphatic heterocycles. The number of aliphatic hydroxyl groups excluding tert-OH is 1. The Balaban J connectivity index is 1.88. The zero-order valence-corrected chi connectivity index (χ0v) is 15.8. The molecule has 0 spiro atoms. The fraction of sp³-hybridized carbons (Fsp3) is 0.476. The largest absolute Gasteiger partial charge is 0.481 e. The third-order valence-corrected chi connectivity index (χ3v) is 4.68. The summed E-state index contributed by atoms with van der Waals surface area (Å²) >= 11 is 0. The lowest BCUT2D eigenvalue weighted by Gasteiger charge is -2.33. The third kappa shape index (κ3) is 7.23. The van der Waals surface area contributed by atoms with E-state index < -0.39 is 17.9 Å². The quantitative estimate of drug-likeness (QED) is 0.474. The second-order valence-corrected chi connectivity index (χ2v) is 6.89. The fourth-order valence-electron chi connectivity index (χ4n) is 3.18. The van der Waals surface area contributed by atoms with Crippen molar-refractivity contribution < 1.29 is 24.2 Å². The number of hydrogen-bond acceptors (Lipinski definition) is 4. The second kappa shape index (κ2) is 11.3. The molecule has 1 aromatic rings. The number of allylic oxidation sites excluding steroid dienone is 1. The number of pyridine rings is 1. The van der Waals surface area contributed by atoms with Gasteiger partial charge >= 0.3 is 5.97 Å². The lowest BCUT2D eigenvalue weighted by Crippen LogP contribution is -2.42. The molecule has 2 N–H and O–H groups in total. The molecule has 6 nitrogen and oxygen atoms in total. The number of carboxylic acid groups (broad SMARTS) is 1. The number of piperidine rings is 1. The molecule has 152 valence electrons. The minimum absolute atomic E-state index is 0.0609. The van der Waals surface area contributed by atoms with Gasteiger partial charge in [0.2, 0.25) is 5.91 Å². The van der Waals surface area contributed by atoms with Crippen molar-refractivity contribution in [2.24, 2.45) is 0 Å². The summed E-state index contributed by atoms with van der Waals surface area (Å²) in [5, 5.41) is 18.8. The summed E-state index contributed by atoms with van der Waals surface area (Å²) in [4.78, 5) is 28.2. The molecule has 0 aromatic carbocycles. The van der Waals surface area contributed by atoms with Gasteiger partial charge < -0.3 is 15.1 Å². The molecule has 0 radical (unpaired) electrons. The van der Waals surface area contributed by atoms with Gasteiger partial charge in [0.1, 0.15) is 5.82 Å². The minimum Gasteiger partial charge on any atom is -0.481 e. The molecule has 0 bridgehead atoms. The molecule has 1 fully saturated rings. The molecule has 1 aliphatic rings. The number of halogens is 1. The third-order valence-electron chi connectivity index (χ3n) is 4.68. The van der Waals surface area contributed by atoms with E-state index in [0.717, 1.165) is 19.0 Å². The average molecular weight is 390 g/mol. The number of aliphatic carboxylic acids is 1. The first-order chi connectivity index (χ1) is 13.5. The summed E-state index contributed by atoms with van der Waals surface area (Å²) in [5.74, 6) is -1.20. The fourth-order valence-corrected chi connectivity index (χ4v) is 3.18. The van der Waals surface area contributed by atoms with Crippen molar-refractivity contribution in [2.75, 3.05) is 6.54 Å². The maximum atomic E-state index is 13.6. The number of carbonyl (C=O) groups excluding carboxylic acids is 1. The van der Waals surface area contributed by atoms with Gasteiger partial charge in [0.15, 0.2) is 0 Å². The molecule has 2 atom stereocenters. The lowest BCUT2D eigenvalue weighted by molar-refractivity contribution is -0.137. The van der Waals surface area contributed by atoms with Crippen molar-refractivity contribution in [2.45, 2.75) is 57.1 Å². The van der Waals surface area contributed by atoms with E-state index in [4.69, 9.17) is 5.11 Å². The van der Waals surface area contributed by atoms with E-state index >= 15 is 0 Å². The molecular weight excluding hydrogens is 363 g/mol. The summed E-state index contributed by atoms with van der Waals surface area (Å²) in [6.45, 7) is 0.454. The molecule has 2 heterocycles. The van der Waals surface area contributed by atoms with Crippen LogP contribution >= 0.6 is 0 Å². The van der Waals surface area contributed by atoms with E-state index in [1.165, 1.54) is 12.3 Å². The van der Waals surface area contributed by atoms with Crippen LogP contribution in [0.1, 0.15) is 44.1 Å². The van der Waals surface area contributed by atoms with Crippen LogP contribution in [0.25, 0.3) is 0 Å². The minimum atomic E-state index is -0.845. The second-order valence-electron chi connectivity index (χ2n) is 6.89. The van der Waals surface area contributed by atoms with E-state index in [0.29, 0.717) is 31.4 Å². The van der Waals surface area contributed by atoms with Gasteiger partial charge in [0.05, 0.1) is 18.3 Å². The Morgan fingerprint density at radius 3 is 3.00 bits per heavy atom. The van der Waals surface area contributed by atoms with Crippen LogP contribution < -0.4 is 0 Å². The van der Waals surface area contributed by atoms with Crippen molar-refractivity contribution in [3.63, 3.8) is 0 Å². The van der Waals surface area contributed by atoms with Gasteiger partial charge in [0.25, 0.3) is 0 Å². The summed E-state index contributed by atoms with van der Waals surface area (Å²) in [6, 6.07) is 1.43. The van der Waals surface area contributed by atoms with Crippen LogP contribution in [0.3, 0.4) is 0 Å². The number of carbonyl (C=O) groups is 2. The molecule has 2 rings (SSSR count). The summed E-state index contributed by atoms with van der Waals surface area (Å²) in [5.41, 5.74) is 0.396. The molecule has 1 amide bonds. The maximum absolute atomic E-state index is 13.6. The molecule has 0 aliphatic carbocycles. The highest BCUT2D eigenvalue weighted by molar-refractivity contribution is 5.77. The Labute approximate surface area is 164 Å². The number of likely N-dealkylation sites (tertiary alicyclic amines) is 1. The van der Waals surface area contributed by atoms with Crippen LogP contribution in [-0.4, -0.2) is 50.7 Å². The predicted octanol–water partition coefficient (Wildman–Crippen LogP) is 2.87. The maximum Gasteiger partial charge on any atom is 0.303 e. The Morgan fingerprint density at radius 1 is 1.43 bits per heavy atom. The number of unbranched alkanes of at least 4 members (excludes halogenated alkanes) is 1. The predicted molar refractivity (Wildman–Crippen MR) is 103 cm³/mol. The van der Waals surface area contributed by atoms with Crippen LogP contribution in [-0.2, 0) is 16.0 Å². The average Bonchev–Trinajstić information content (AvgIpc) is 2.66. The number of aromatic nitrogens is 1. The first-order valence-electron chi connectivity index (χ1n) is 9.58. The molecular formula is C21H27FN2O4. The Bertz CT molecular complexity index is 720. The first kappa shape index (κ1) is 21.8. The molecule has 28 heavy (non-hydrogen) atoms. The van der Waals surface area contributed by atoms with Crippen molar-refractivity contribution in [1.29, 1.82) is 0 Å². The zero-order chi connectivity index (χ0) is 20.4. The summed E-state index contributed by atoms with van der Waals surface area (Å²) < 4.78 is 13.6. The van der Waals surface area contributed by atoms with E-state index in [9.17, 15) is 19.1 Å². The van der Waals surface area contributed by atoms with Crippen LogP contribution in [0, 0.1) is 5.82 Å². The van der Waals surface area contributed by atoms with Gasteiger partial charge in [-0.05, 0) is 37.3 Å². The Kier molecular flexibility index (Phi) is 8.81. The molecule has 7 heteroatoms. The van der Waals surface area contributed by atoms with E-state index in [-0.39, 0.29) is 24.8 Å². The standard InChI is InChI=1S/C21H27FN2O4/c22-19-15-23-12-11-16(19)14-18(25)10-9-17-6-5-7-20(26)24(17)13-4-2-1-3-8-21(27)28/h2,4,9-12,15,17-18,25H,1,3,5-8,13-14H2,(H,27,28)/t17-,18?/m1/s1. The number of hydrogen-bond donors (Lipinski definition) is 2. The Hall–Kier alpha value is -2.54. The molecule has 1 saturated heterocycles. The highest BCUT2D eigenvalue weighted by Gasteiger charge is 2.25. The molecule has 0 saturated carbocycles. The highest BCUT2D eigenvalue weighted by atomic mass is 19.1. The van der Waals surface area contributed by atoms with Crippen molar-refractivity contribution in [3.8, 4) is 0 Å². The van der Waals surface area contributed by atoms with Crippen LogP contribution in [0.5, 0.6) is 0 Å². The summed E-state index contributed by atoms with van der Waals surface area (Å²) in [6.07, 6.45) is 12.6. The first-order valence-corrected chi connectivity index (χ1v) is 9.58. The lowest BCUT2D eigenvalue weighted by atomic mass is 9.99. The van der Waals surface area contributed by atoms with Crippen LogP contribution in [0.2, 0.25) is 0 Å². The normalized spacial score (nSPS) is 18.9. The molecule has 1 aromatic heterocycles. The van der Waals surface area contributed by atoms with Gasteiger partial charge in [-0.25, -0.2) is 4.39 Å². The monoisotopic (exact) mass is 390 g/mol. The number of nitrogens with zero attached hydrogens (tertiary/aromatic N) is 2. The topological polar surface area (TPSA) is 90.7 Å². The number of rotatable bonds is 10. The van der Waals surface area contributed by atoms with E-state index in [2.05, 4.69) is 4.98 Å². The zero-order valence-electron chi connectivity index (χ0n) is 15.8. The van der Waals surface area contributed by atoms with Crippen molar-refractivity contribution >= 4 is 11.9 Å². The number of amides is 1. The van der Waals surface area contributed by atoms with Gasteiger partial charge in [-0.15, -0.1) is 0 Å². The van der Waals surface area contributed by atoms with Gasteiger partial charge in [-0.1, -0.05) is 24.3 Å². The van der Waals surface area contributed by atoms with E-state index in [1.54, 1.807) is 11.0 Å². The van der Waals surface area contributed by atoms with Gasteiger partial charge in [-0.3, -0.25) is 14.6 Å². The van der Waals surface area contributed by atoms with Crippen LogP contribution in [0.4, 0.5) is 4.39 Å². The Morgan fingerprint density at radius 2 is 2.25 bits per heavy atom. The van der Waals surface area contributed by atoms with Crippen LogP contribution in [0.15, 0.2) is 42.8 Å². The van der Waals surface area contributed by atoms with Gasteiger partial charge in [0, 0.05) is 32.0 Å². The van der Waals surface area contributed by atoms with Crippen molar-refractivity contribution in [3.05, 3.63) is 54.1 Å². The van der Waals surface area contributed by atoms with Gasteiger partial charge in [-0.2, -0.15) is 0 Å². The molecule has 1 unspecified atom stereocenters. The van der Waals surface area contributed by atoms with E-state index in [1.807, 2.05) is 18.2 Å². The highest BCUT2D eigenvalue weighted by Crippen LogP contribution is 2.20. The number of carboxylic acids is 1. The SMILES string of the molecule is O=C(O)CCCC=CCN1C(=O)CCC[C@@H]1C=CC(O)Cc1ccncc1F. The van der Waals surface area contributed by atoms with Crippen molar-refractivity contribution in [1.82, 2.24) is 9.88 Å². The number of aliphatic hydroxyl groups is 1. The smallest absolute Gasteiger partial charge is 0.303 e. The summed E-state index contributed by atoms with van der Waals surface area (Å²) in [7, 11) is 0.